The van der Waals surface area contributed by atoms with E-state index < -0.39 is 0 Å². The van der Waals surface area contributed by atoms with Crippen LogP contribution in [0.15, 0.2) is 48.9 Å². The van der Waals surface area contributed by atoms with Gasteiger partial charge in [0.05, 0.1) is 6.20 Å². The SMILES string of the molecule is c1ccc(-c2cnn3cnnc3c2)cc1. The smallest absolute Gasteiger partial charge is 0.178 e. The molecular weight excluding hydrogens is 188 g/mol. The summed E-state index contributed by atoms with van der Waals surface area (Å²) in [6, 6.07) is 12.1. The second-order valence-electron chi connectivity index (χ2n) is 3.24. The van der Waals surface area contributed by atoms with Crippen LogP contribution in [-0.4, -0.2) is 19.8 Å². The monoisotopic (exact) mass is 196 g/mol. The lowest BCUT2D eigenvalue weighted by atomic mass is 10.1. The lowest BCUT2D eigenvalue weighted by Crippen LogP contribution is -1.90. The van der Waals surface area contributed by atoms with E-state index in [-0.39, 0.29) is 0 Å². The first kappa shape index (κ1) is 8.11. The Kier molecular flexibility index (Phi) is 1.71. The number of aromatic nitrogens is 4. The molecule has 15 heavy (non-hydrogen) atoms. The molecule has 0 amide bonds. The largest absolute Gasteiger partial charge is 0.201 e. The summed E-state index contributed by atoms with van der Waals surface area (Å²) in [4.78, 5) is 0. The molecule has 3 aromatic rings. The molecule has 4 heteroatoms. The van der Waals surface area contributed by atoms with Crippen molar-refractivity contribution in [3.8, 4) is 11.1 Å². The van der Waals surface area contributed by atoms with Gasteiger partial charge in [-0.15, -0.1) is 10.2 Å². The molecule has 0 N–H and O–H groups in total. The molecule has 0 aliphatic carbocycles. The van der Waals surface area contributed by atoms with Crippen LogP contribution in [0.4, 0.5) is 0 Å². The minimum atomic E-state index is 0.761. The fraction of sp³-hybridized carbons (Fsp3) is 0. The Morgan fingerprint density at radius 3 is 2.73 bits per heavy atom. The maximum absolute atomic E-state index is 4.21. The number of fused-ring (bicyclic) bond motifs is 1. The first-order valence-electron chi connectivity index (χ1n) is 4.65. The van der Waals surface area contributed by atoms with Crippen LogP contribution in [-0.2, 0) is 0 Å². The molecule has 0 saturated carbocycles. The third kappa shape index (κ3) is 1.36. The van der Waals surface area contributed by atoms with Gasteiger partial charge in [0.1, 0.15) is 6.33 Å². The van der Waals surface area contributed by atoms with Gasteiger partial charge in [-0.2, -0.15) is 5.10 Å². The zero-order valence-corrected chi connectivity index (χ0v) is 7.91. The molecule has 0 fully saturated rings. The van der Waals surface area contributed by atoms with Crippen molar-refractivity contribution in [3.05, 3.63) is 48.9 Å². The van der Waals surface area contributed by atoms with Gasteiger partial charge in [-0.3, -0.25) is 0 Å². The fourth-order valence-electron chi connectivity index (χ4n) is 1.51. The highest BCUT2D eigenvalue weighted by Gasteiger charge is 2.00. The van der Waals surface area contributed by atoms with E-state index in [0.29, 0.717) is 0 Å². The Hall–Kier alpha value is -2.23. The van der Waals surface area contributed by atoms with E-state index in [4.69, 9.17) is 0 Å². The average Bonchev–Trinajstić information content (AvgIpc) is 2.77. The predicted molar refractivity (Wildman–Crippen MR) is 56.2 cm³/mol. The zero-order valence-electron chi connectivity index (χ0n) is 7.91. The standard InChI is InChI=1S/C11H8N4/c1-2-4-9(5-3-1)10-6-11-14-12-8-15(11)13-7-10/h1-8H. The molecule has 1 aromatic carbocycles. The minimum absolute atomic E-state index is 0.761. The minimum Gasteiger partial charge on any atom is -0.201 e. The van der Waals surface area contributed by atoms with Gasteiger partial charge in [-0.05, 0) is 11.6 Å². The maximum Gasteiger partial charge on any atom is 0.178 e. The van der Waals surface area contributed by atoms with Crippen LogP contribution < -0.4 is 0 Å². The molecule has 0 saturated heterocycles. The molecule has 0 spiro atoms. The Labute approximate surface area is 86.2 Å². The highest BCUT2D eigenvalue weighted by atomic mass is 15.3. The van der Waals surface area contributed by atoms with Crippen molar-refractivity contribution in [1.29, 1.82) is 0 Å². The molecule has 0 bridgehead atoms. The molecule has 0 radical (unpaired) electrons. The van der Waals surface area contributed by atoms with Crippen molar-refractivity contribution in [2.24, 2.45) is 0 Å². The van der Waals surface area contributed by atoms with Crippen molar-refractivity contribution in [3.63, 3.8) is 0 Å². The van der Waals surface area contributed by atoms with Crippen molar-refractivity contribution in [1.82, 2.24) is 19.8 Å². The summed E-state index contributed by atoms with van der Waals surface area (Å²) in [5.41, 5.74) is 2.95. The zero-order chi connectivity index (χ0) is 10.1. The van der Waals surface area contributed by atoms with Crippen LogP contribution in [0.5, 0.6) is 0 Å². The van der Waals surface area contributed by atoms with Gasteiger partial charge in [0, 0.05) is 5.56 Å². The molecular formula is C11H8N4. The maximum atomic E-state index is 4.21. The van der Waals surface area contributed by atoms with E-state index in [2.05, 4.69) is 15.3 Å². The van der Waals surface area contributed by atoms with E-state index in [9.17, 15) is 0 Å². The van der Waals surface area contributed by atoms with E-state index >= 15 is 0 Å². The van der Waals surface area contributed by atoms with Gasteiger partial charge in [0.15, 0.2) is 5.65 Å². The van der Waals surface area contributed by atoms with E-state index in [1.54, 1.807) is 10.8 Å². The first-order valence-corrected chi connectivity index (χ1v) is 4.65. The summed E-state index contributed by atoms with van der Waals surface area (Å²) in [7, 11) is 0. The second kappa shape index (κ2) is 3.16. The third-order valence-corrected chi connectivity index (χ3v) is 2.27. The van der Waals surface area contributed by atoms with Gasteiger partial charge in [0.2, 0.25) is 0 Å². The molecule has 3 rings (SSSR count). The van der Waals surface area contributed by atoms with Gasteiger partial charge < -0.3 is 0 Å². The van der Waals surface area contributed by atoms with Gasteiger partial charge in [-0.1, -0.05) is 30.3 Å². The van der Waals surface area contributed by atoms with Crippen molar-refractivity contribution >= 4 is 5.65 Å². The van der Waals surface area contributed by atoms with Gasteiger partial charge >= 0.3 is 0 Å². The summed E-state index contributed by atoms with van der Waals surface area (Å²) in [6.07, 6.45) is 3.40. The molecule has 0 unspecified atom stereocenters. The third-order valence-electron chi connectivity index (χ3n) is 2.27. The molecule has 72 valence electrons. The highest BCUT2D eigenvalue weighted by Crippen LogP contribution is 2.18. The first-order chi connectivity index (χ1) is 7.43. The summed E-state index contributed by atoms with van der Waals surface area (Å²) < 4.78 is 1.65. The van der Waals surface area contributed by atoms with E-state index in [0.717, 1.165) is 16.8 Å². The van der Waals surface area contributed by atoms with Crippen LogP contribution in [0.2, 0.25) is 0 Å². The van der Waals surface area contributed by atoms with Crippen molar-refractivity contribution in [2.45, 2.75) is 0 Å². The lowest BCUT2D eigenvalue weighted by molar-refractivity contribution is 0.927. The van der Waals surface area contributed by atoms with Crippen LogP contribution in [0, 0.1) is 0 Å². The van der Waals surface area contributed by atoms with Crippen molar-refractivity contribution in [2.75, 3.05) is 0 Å². The lowest BCUT2D eigenvalue weighted by Gasteiger charge is -1.99. The second-order valence-corrected chi connectivity index (χ2v) is 3.24. The number of hydrogen-bond acceptors (Lipinski definition) is 3. The van der Waals surface area contributed by atoms with Gasteiger partial charge in [0.25, 0.3) is 0 Å². The number of hydrogen-bond donors (Lipinski definition) is 0. The Morgan fingerprint density at radius 2 is 1.87 bits per heavy atom. The molecule has 0 aliphatic heterocycles. The molecule has 2 heterocycles. The van der Waals surface area contributed by atoms with Crippen LogP contribution in [0.3, 0.4) is 0 Å². The molecule has 0 aliphatic rings. The van der Waals surface area contributed by atoms with E-state index in [1.165, 1.54) is 0 Å². The molecule has 0 atom stereocenters. The number of nitrogens with zero attached hydrogens (tertiary/aromatic N) is 4. The Morgan fingerprint density at radius 1 is 1.00 bits per heavy atom. The summed E-state index contributed by atoms with van der Waals surface area (Å²) in [5, 5.41) is 12.0. The van der Waals surface area contributed by atoms with Crippen molar-refractivity contribution < 1.29 is 0 Å². The quantitative estimate of drug-likeness (QED) is 0.596. The van der Waals surface area contributed by atoms with Crippen LogP contribution in [0.1, 0.15) is 0 Å². The number of benzene rings is 1. The van der Waals surface area contributed by atoms with Crippen LogP contribution in [0.25, 0.3) is 16.8 Å². The summed E-state index contributed by atoms with van der Waals surface area (Å²) in [6.45, 7) is 0. The van der Waals surface area contributed by atoms with Gasteiger partial charge in [-0.25, -0.2) is 4.52 Å². The topological polar surface area (TPSA) is 43.1 Å². The normalized spacial score (nSPS) is 10.7. The van der Waals surface area contributed by atoms with Crippen LogP contribution >= 0.6 is 0 Å². The average molecular weight is 196 g/mol. The Balaban J connectivity index is 2.19. The summed E-state index contributed by atoms with van der Waals surface area (Å²) >= 11 is 0. The molecule has 2 aromatic heterocycles. The Bertz CT molecular complexity index is 586. The molecule has 4 nitrogen and oxygen atoms in total. The fourth-order valence-corrected chi connectivity index (χ4v) is 1.51. The summed E-state index contributed by atoms with van der Waals surface area (Å²) in [5.74, 6) is 0. The number of rotatable bonds is 1. The predicted octanol–water partition coefficient (Wildman–Crippen LogP) is 1.79. The van der Waals surface area contributed by atoms with E-state index in [1.807, 2.05) is 42.6 Å². The highest BCUT2D eigenvalue weighted by molar-refractivity contribution is 5.65.